The number of unbranched alkanes of at least 4 members (excludes halogenated alkanes) is 1. The number of carbonyl (C=O) groups is 4. The molecule has 0 aromatic heterocycles. The van der Waals surface area contributed by atoms with Crippen molar-refractivity contribution in [2.24, 2.45) is 5.73 Å². The van der Waals surface area contributed by atoms with E-state index in [1.165, 1.54) is 4.90 Å². The molecular weight excluding hydrogens is 452 g/mol. The van der Waals surface area contributed by atoms with Crippen LogP contribution in [0.15, 0.2) is 18.2 Å². The molecule has 0 radical (unpaired) electrons. The second-order valence-electron chi connectivity index (χ2n) is 9.46. The minimum atomic E-state index is -1.38. The van der Waals surface area contributed by atoms with Crippen LogP contribution in [0.3, 0.4) is 0 Å². The van der Waals surface area contributed by atoms with E-state index < -0.39 is 54.5 Å². The Morgan fingerprint density at radius 1 is 1.17 bits per heavy atom. The third kappa shape index (κ3) is 9.56. The van der Waals surface area contributed by atoms with Gasteiger partial charge in [0.1, 0.15) is 17.7 Å². The zero-order chi connectivity index (χ0) is 26.8. The largest absolute Gasteiger partial charge is 0.444 e. The summed E-state index contributed by atoms with van der Waals surface area (Å²) in [5, 5.41) is 15.0. The smallest absolute Gasteiger partial charge is 0.408 e. The van der Waals surface area contributed by atoms with Crippen molar-refractivity contribution in [2.75, 3.05) is 19.7 Å². The molecule has 196 valence electrons. The molecule has 4 amide bonds. The van der Waals surface area contributed by atoms with Gasteiger partial charge in [0, 0.05) is 13.1 Å². The van der Waals surface area contributed by atoms with Gasteiger partial charge in [0.2, 0.25) is 17.7 Å². The SMILES string of the molecule is CCCCNC(=O)C(c1cccc(C)c1C)N(CCO)C(=O)C(CC(N)=O)NC(=O)OC(C)(C)C. The van der Waals surface area contributed by atoms with Gasteiger partial charge in [-0.05, 0) is 57.7 Å². The van der Waals surface area contributed by atoms with E-state index in [2.05, 4.69) is 10.6 Å². The molecule has 0 heterocycles. The summed E-state index contributed by atoms with van der Waals surface area (Å²) in [5.74, 6) is -1.98. The van der Waals surface area contributed by atoms with Gasteiger partial charge < -0.3 is 31.1 Å². The van der Waals surface area contributed by atoms with Crippen molar-refractivity contribution in [3.05, 3.63) is 34.9 Å². The molecule has 10 heteroatoms. The van der Waals surface area contributed by atoms with E-state index in [0.29, 0.717) is 12.1 Å². The Morgan fingerprint density at radius 2 is 1.83 bits per heavy atom. The van der Waals surface area contributed by atoms with Crippen LogP contribution in [-0.4, -0.2) is 65.2 Å². The lowest BCUT2D eigenvalue weighted by atomic mass is 9.95. The number of ether oxygens (including phenoxy) is 1. The number of aryl methyl sites for hydroxylation is 1. The van der Waals surface area contributed by atoms with Gasteiger partial charge in [-0.2, -0.15) is 0 Å². The number of primary amides is 1. The number of nitrogens with one attached hydrogen (secondary N) is 2. The van der Waals surface area contributed by atoms with Gasteiger partial charge in [0.25, 0.3) is 0 Å². The van der Waals surface area contributed by atoms with Gasteiger partial charge in [-0.15, -0.1) is 0 Å². The fraction of sp³-hybridized carbons (Fsp3) is 0.600. The predicted octanol–water partition coefficient (Wildman–Crippen LogP) is 1.85. The summed E-state index contributed by atoms with van der Waals surface area (Å²) in [7, 11) is 0. The van der Waals surface area contributed by atoms with Crippen LogP contribution in [0.5, 0.6) is 0 Å². The Morgan fingerprint density at radius 3 is 2.37 bits per heavy atom. The third-order valence-electron chi connectivity index (χ3n) is 5.35. The zero-order valence-corrected chi connectivity index (χ0v) is 21.6. The van der Waals surface area contributed by atoms with Crippen LogP contribution in [-0.2, 0) is 19.1 Å². The van der Waals surface area contributed by atoms with Crippen LogP contribution in [0.1, 0.15) is 69.7 Å². The number of aliphatic hydroxyl groups is 1. The van der Waals surface area contributed by atoms with Crippen molar-refractivity contribution < 1.29 is 29.0 Å². The first-order valence-electron chi connectivity index (χ1n) is 11.8. The van der Waals surface area contributed by atoms with E-state index in [9.17, 15) is 24.3 Å². The molecule has 5 N–H and O–H groups in total. The van der Waals surface area contributed by atoms with Crippen LogP contribution < -0.4 is 16.4 Å². The Hall–Kier alpha value is -3.14. The van der Waals surface area contributed by atoms with E-state index in [4.69, 9.17) is 10.5 Å². The molecule has 0 aliphatic heterocycles. The molecule has 0 bridgehead atoms. The van der Waals surface area contributed by atoms with Crippen LogP contribution in [0.25, 0.3) is 0 Å². The monoisotopic (exact) mass is 492 g/mol. The van der Waals surface area contributed by atoms with Gasteiger partial charge in [0.05, 0.1) is 13.0 Å². The van der Waals surface area contributed by atoms with Crippen LogP contribution >= 0.6 is 0 Å². The lowest BCUT2D eigenvalue weighted by Crippen LogP contribution is -2.54. The van der Waals surface area contributed by atoms with E-state index in [0.717, 1.165) is 24.0 Å². The van der Waals surface area contributed by atoms with E-state index in [-0.39, 0.29) is 6.54 Å². The fourth-order valence-electron chi connectivity index (χ4n) is 3.53. The van der Waals surface area contributed by atoms with Crippen molar-refractivity contribution in [1.82, 2.24) is 15.5 Å². The molecule has 10 nitrogen and oxygen atoms in total. The highest BCUT2D eigenvalue weighted by atomic mass is 16.6. The molecule has 2 atom stereocenters. The first kappa shape index (κ1) is 29.9. The van der Waals surface area contributed by atoms with Crippen LogP contribution in [0, 0.1) is 13.8 Å². The average Bonchev–Trinajstić information content (AvgIpc) is 2.73. The molecule has 2 unspecified atom stereocenters. The van der Waals surface area contributed by atoms with Crippen molar-refractivity contribution in [3.63, 3.8) is 0 Å². The molecule has 0 aliphatic rings. The van der Waals surface area contributed by atoms with Gasteiger partial charge >= 0.3 is 6.09 Å². The first-order chi connectivity index (χ1) is 16.3. The number of alkyl carbamates (subject to hydrolysis) is 1. The Kier molecular flexibility index (Phi) is 11.7. The molecule has 0 saturated heterocycles. The zero-order valence-electron chi connectivity index (χ0n) is 21.6. The summed E-state index contributed by atoms with van der Waals surface area (Å²) < 4.78 is 5.23. The molecule has 0 fully saturated rings. The number of benzene rings is 1. The van der Waals surface area contributed by atoms with Crippen molar-refractivity contribution in [3.8, 4) is 0 Å². The highest BCUT2D eigenvalue weighted by Crippen LogP contribution is 2.27. The number of hydrogen-bond donors (Lipinski definition) is 4. The Balaban J connectivity index is 3.47. The lowest BCUT2D eigenvalue weighted by molar-refractivity contribution is -0.143. The number of hydrogen-bond acceptors (Lipinski definition) is 6. The highest BCUT2D eigenvalue weighted by Gasteiger charge is 2.37. The van der Waals surface area contributed by atoms with E-state index in [1.807, 2.05) is 26.8 Å². The molecule has 0 saturated carbocycles. The number of nitrogens with zero attached hydrogens (tertiary/aromatic N) is 1. The highest BCUT2D eigenvalue weighted by molar-refractivity contribution is 5.94. The summed E-state index contributed by atoms with van der Waals surface area (Å²) in [6.45, 7) is 10.5. The second kappa shape index (κ2) is 13.7. The Bertz CT molecular complexity index is 896. The summed E-state index contributed by atoms with van der Waals surface area (Å²) in [6, 6.07) is 2.94. The van der Waals surface area contributed by atoms with Crippen LogP contribution in [0.2, 0.25) is 0 Å². The molecule has 1 aromatic rings. The third-order valence-corrected chi connectivity index (χ3v) is 5.35. The Labute approximate surface area is 207 Å². The number of rotatable bonds is 12. The van der Waals surface area contributed by atoms with Gasteiger partial charge in [-0.3, -0.25) is 14.4 Å². The average molecular weight is 493 g/mol. The van der Waals surface area contributed by atoms with E-state index in [1.54, 1.807) is 32.9 Å². The van der Waals surface area contributed by atoms with Crippen molar-refractivity contribution in [1.29, 1.82) is 0 Å². The summed E-state index contributed by atoms with van der Waals surface area (Å²) >= 11 is 0. The first-order valence-corrected chi connectivity index (χ1v) is 11.8. The van der Waals surface area contributed by atoms with Gasteiger partial charge in [0.15, 0.2) is 0 Å². The van der Waals surface area contributed by atoms with Crippen molar-refractivity contribution in [2.45, 2.75) is 78.5 Å². The molecular formula is C25H40N4O6. The number of amides is 4. The summed E-state index contributed by atoms with van der Waals surface area (Å²) in [6.07, 6.45) is 0.214. The maximum Gasteiger partial charge on any atom is 0.408 e. The lowest BCUT2D eigenvalue weighted by Gasteiger charge is -2.34. The van der Waals surface area contributed by atoms with Gasteiger partial charge in [-0.25, -0.2) is 4.79 Å². The second-order valence-corrected chi connectivity index (χ2v) is 9.46. The number of aliphatic hydroxyl groups excluding tert-OH is 1. The normalized spacial score (nSPS) is 12.9. The standard InChI is InChI=1S/C25H40N4O6/c1-7-8-12-27-22(32)21(18-11-9-10-16(2)17(18)3)29(13-14-30)23(33)19(15-20(26)31)28-24(34)35-25(4,5)6/h9-11,19,21,30H,7-8,12-15H2,1-6H3,(H2,26,31)(H,27,32)(H,28,34). The quantitative estimate of drug-likeness (QED) is 0.327. The predicted molar refractivity (Wildman–Crippen MR) is 132 cm³/mol. The minimum Gasteiger partial charge on any atom is -0.444 e. The molecule has 1 rings (SSSR count). The summed E-state index contributed by atoms with van der Waals surface area (Å²) in [5.41, 5.74) is 6.82. The molecule has 0 aliphatic carbocycles. The molecule has 1 aromatic carbocycles. The maximum absolute atomic E-state index is 13.7. The van der Waals surface area contributed by atoms with E-state index >= 15 is 0 Å². The number of carbonyl (C=O) groups excluding carboxylic acids is 4. The van der Waals surface area contributed by atoms with Gasteiger partial charge in [-0.1, -0.05) is 31.5 Å². The minimum absolute atomic E-state index is 0.205. The number of nitrogens with two attached hydrogens (primary N) is 1. The fourth-order valence-corrected chi connectivity index (χ4v) is 3.53. The topological polar surface area (TPSA) is 151 Å². The maximum atomic E-state index is 13.7. The summed E-state index contributed by atoms with van der Waals surface area (Å²) in [4.78, 5) is 52.4. The van der Waals surface area contributed by atoms with Crippen molar-refractivity contribution >= 4 is 23.8 Å². The molecule has 35 heavy (non-hydrogen) atoms. The van der Waals surface area contributed by atoms with Crippen LogP contribution in [0.4, 0.5) is 4.79 Å². The molecule has 0 spiro atoms.